The van der Waals surface area contributed by atoms with Gasteiger partial charge in [-0.05, 0) is 48.8 Å². The molecular formula is C25H34N2OS2. The van der Waals surface area contributed by atoms with E-state index in [1.807, 2.05) is 23.1 Å². The molecule has 0 spiro atoms. The summed E-state index contributed by atoms with van der Waals surface area (Å²) in [6.07, 6.45) is 6.60. The van der Waals surface area contributed by atoms with Crippen molar-refractivity contribution in [2.24, 2.45) is 5.41 Å². The Hall–Kier alpha value is -1.46. The summed E-state index contributed by atoms with van der Waals surface area (Å²) < 4.78 is 6.32. The zero-order chi connectivity index (χ0) is 21.1. The Morgan fingerprint density at radius 1 is 1.17 bits per heavy atom. The molecular weight excluding hydrogens is 408 g/mol. The lowest BCUT2D eigenvalue weighted by Crippen LogP contribution is -2.32. The third-order valence-corrected chi connectivity index (χ3v) is 7.76. The fraction of sp³-hybridized carbons (Fsp3) is 0.560. The SMILES string of the molecule is Cc1sc(N2CCSCC2)nc1CCOc1cccc2c1CCC=C2CC(C)(C)C. The van der Waals surface area contributed by atoms with E-state index in [0.29, 0.717) is 12.0 Å². The van der Waals surface area contributed by atoms with E-state index in [-0.39, 0.29) is 0 Å². The predicted molar refractivity (Wildman–Crippen MR) is 132 cm³/mol. The number of aromatic nitrogens is 1. The number of thiazole rings is 1. The van der Waals surface area contributed by atoms with E-state index in [0.717, 1.165) is 44.5 Å². The topological polar surface area (TPSA) is 25.4 Å². The van der Waals surface area contributed by atoms with Gasteiger partial charge in [-0.25, -0.2) is 4.98 Å². The van der Waals surface area contributed by atoms with Gasteiger partial charge in [-0.2, -0.15) is 11.8 Å². The summed E-state index contributed by atoms with van der Waals surface area (Å²) in [5.41, 5.74) is 5.76. The van der Waals surface area contributed by atoms with Crippen LogP contribution >= 0.6 is 23.1 Å². The first-order valence-electron chi connectivity index (χ1n) is 11.1. The monoisotopic (exact) mass is 442 g/mol. The van der Waals surface area contributed by atoms with Crippen LogP contribution in [0.4, 0.5) is 5.13 Å². The Morgan fingerprint density at radius 2 is 1.97 bits per heavy atom. The number of benzene rings is 1. The fourth-order valence-corrected chi connectivity index (χ4v) is 6.20. The van der Waals surface area contributed by atoms with E-state index in [2.05, 4.69) is 56.9 Å². The van der Waals surface area contributed by atoms with Crippen LogP contribution in [0.2, 0.25) is 0 Å². The molecule has 2 heterocycles. The molecule has 5 heteroatoms. The lowest BCUT2D eigenvalue weighted by Gasteiger charge is -2.26. The van der Waals surface area contributed by atoms with E-state index in [1.165, 1.54) is 43.9 Å². The number of thioether (sulfide) groups is 1. The van der Waals surface area contributed by atoms with Gasteiger partial charge in [-0.1, -0.05) is 39.0 Å². The molecule has 1 saturated heterocycles. The maximum absolute atomic E-state index is 6.32. The van der Waals surface area contributed by atoms with Gasteiger partial charge >= 0.3 is 0 Å². The van der Waals surface area contributed by atoms with Gasteiger partial charge in [0.2, 0.25) is 0 Å². The van der Waals surface area contributed by atoms with Gasteiger partial charge in [0.15, 0.2) is 5.13 Å². The van der Waals surface area contributed by atoms with E-state index in [4.69, 9.17) is 9.72 Å². The summed E-state index contributed by atoms with van der Waals surface area (Å²) in [6, 6.07) is 6.56. The van der Waals surface area contributed by atoms with Gasteiger partial charge in [0.05, 0.1) is 12.3 Å². The number of rotatable bonds is 6. The molecule has 1 aromatic heterocycles. The molecule has 0 amide bonds. The molecule has 1 aromatic carbocycles. The molecule has 0 saturated carbocycles. The van der Waals surface area contributed by atoms with Crippen LogP contribution in [-0.4, -0.2) is 36.2 Å². The van der Waals surface area contributed by atoms with Gasteiger partial charge in [0, 0.05) is 41.5 Å². The van der Waals surface area contributed by atoms with Crippen LogP contribution in [0.3, 0.4) is 0 Å². The standard InChI is InChI=1S/C25H34N2OS2/c1-18-22(26-24(30-18)27-12-15-29-16-13-27)11-14-28-23-10-6-8-20-19(17-25(2,3)4)7-5-9-21(20)23/h6-8,10H,5,9,11-17H2,1-4H3. The zero-order valence-corrected chi connectivity index (χ0v) is 20.4. The highest BCUT2D eigenvalue weighted by Crippen LogP contribution is 2.39. The summed E-state index contributed by atoms with van der Waals surface area (Å²) in [5, 5.41) is 1.19. The third kappa shape index (κ3) is 5.23. The molecule has 0 atom stereocenters. The number of hydrogen-bond acceptors (Lipinski definition) is 5. The molecule has 0 bridgehead atoms. The molecule has 1 fully saturated rings. The fourth-order valence-electron chi connectivity index (χ4n) is 4.29. The second kappa shape index (κ2) is 9.35. The van der Waals surface area contributed by atoms with Crippen LogP contribution in [-0.2, 0) is 12.8 Å². The smallest absolute Gasteiger partial charge is 0.185 e. The minimum atomic E-state index is 0.296. The van der Waals surface area contributed by atoms with Gasteiger partial charge < -0.3 is 9.64 Å². The van der Waals surface area contributed by atoms with Crippen LogP contribution in [0.25, 0.3) is 5.57 Å². The lowest BCUT2D eigenvalue weighted by molar-refractivity contribution is 0.317. The van der Waals surface area contributed by atoms with Crippen molar-refractivity contribution in [1.29, 1.82) is 0 Å². The molecule has 30 heavy (non-hydrogen) atoms. The second-order valence-electron chi connectivity index (χ2n) is 9.48. The molecule has 1 aliphatic carbocycles. The maximum Gasteiger partial charge on any atom is 0.185 e. The summed E-state index contributed by atoms with van der Waals surface area (Å²) in [5.74, 6) is 3.48. The summed E-state index contributed by atoms with van der Waals surface area (Å²) >= 11 is 3.88. The highest BCUT2D eigenvalue weighted by molar-refractivity contribution is 7.99. The van der Waals surface area contributed by atoms with Crippen molar-refractivity contribution in [3.05, 3.63) is 46.0 Å². The number of fused-ring (bicyclic) bond motifs is 1. The molecule has 0 unspecified atom stereocenters. The maximum atomic E-state index is 6.32. The number of anilines is 1. The van der Waals surface area contributed by atoms with Crippen molar-refractivity contribution in [2.75, 3.05) is 36.1 Å². The Balaban J connectivity index is 1.41. The first kappa shape index (κ1) is 21.8. The van der Waals surface area contributed by atoms with E-state index in [9.17, 15) is 0 Å². The number of allylic oxidation sites excluding steroid dienone is 2. The first-order chi connectivity index (χ1) is 14.4. The van der Waals surface area contributed by atoms with Gasteiger partial charge in [-0.15, -0.1) is 11.3 Å². The molecule has 3 nitrogen and oxygen atoms in total. The van der Waals surface area contributed by atoms with Crippen molar-refractivity contribution in [3.8, 4) is 5.75 Å². The van der Waals surface area contributed by atoms with Crippen LogP contribution in [0.5, 0.6) is 5.75 Å². The molecule has 2 aromatic rings. The van der Waals surface area contributed by atoms with Crippen molar-refractivity contribution < 1.29 is 4.74 Å². The summed E-state index contributed by atoms with van der Waals surface area (Å²) in [6.45, 7) is 12.1. The van der Waals surface area contributed by atoms with Gasteiger partial charge in [0.25, 0.3) is 0 Å². The Morgan fingerprint density at radius 3 is 2.73 bits per heavy atom. The van der Waals surface area contributed by atoms with Crippen LogP contribution in [0, 0.1) is 12.3 Å². The third-order valence-electron chi connectivity index (χ3n) is 5.74. The van der Waals surface area contributed by atoms with Crippen LogP contribution in [0.15, 0.2) is 24.3 Å². The molecule has 0 N–H and O–H groups in total. The van der Waals surface area contributed by atoms with E-state index >= 15 is 0 Å². The lowest BCUT2D eigenvalue weighted by atomic mass is 9.80. The van der Waals surface area contributed by atoms with Gasteiger partial charge in [0.1, 0.15) is 5.75 Å². The van der Waals surface area contributed by atoms with Crippen molar-refractivity contribution in [2.45, 2.75) is 53.4 Å². The number of hydrogen-bond donors (Lipinski definition) is 0. The highest BCUT2D eigenvalue weighted by atomic mass is 32.2. The quantitative estimate of drug-likeness (QED) is 0.517. The number of aryl methyl sites for hydroxylation is 1. The molecule has 0 radical (unpaired) electrons. The zero-order valence-electron chi connectivity index (χ0n) is 18.8. The molecule has 2 aliphatic rings. The van der Waals surface area contributed by atoms with Crippen molar-refractivity contribution in [3.63, 3.8) is 0 Å². The normalized spacial score (nSPS) is 16.9. The minimum absolute atomic E-state index is 0.296. The highest BCUT2D eigenvalue weighted by Gasteiger charge is 2.21. The molecule has 1 aliphatic heterocycles. The average Bonchev–Trinajstić information content (AvgIpc) is 3.09. The van der Waals surface area contributed by atoms with E-state index < -0.39 is 0 Å². The van der Waals surface area contributed by atoms with Crippen LogP contribution < -0.4 is 9.64 Å². The Labute approximate surface area is 189 Å². The molecule has 162 valence electrons. The Bertz CT molecular complexity index is 904. The Kier molecular flexibility index (Phi) is 6.78. The van der Waals surface area contributed by atoms with Crippen molar-refractivity contribution in [1.82, 2.24) is 4.98 Å². The largest absolute Gasteiger partial charge is 0.493 e. The minimum Gasteiger partial charge on any atom is -0.493 e. The predicted octanol–water partition coefficient (Wildman–Crippen LogP) is 6.39. The first-order valence-corrected chi connectivity index (χ1v) is 13.1. The number of nitrogens with zero attached hydrogens (tertiary/aromatic N) is 2. The summed E-state index contributed by atoms with van der Waals surface area (Å²) in [4.78, 5) is 8.72. The van der Waals surface area contributed by atoms with E-state index in [1.54, 1.807) is 0 Å². The molecule has 4 rings (SSSR count). The van der Waals surface area contributed by atoms with Crippen molar-refractivity contribution >= 4 is 33.8 Å². The van der Waals surface area contributed by atoms with Gasteiger partial charge in [-0.3, -0.25) is 0 Å². The number of ether oxygens (including phenoxy) is 1. The summed E-state index contributed by atoms with van der Waals surface area (Å²) in [7, 11) is 0. The average molecular weight is 443 g/mol. The second-order valence-corrected chi connectivity index (χ2v) is 11.9. The van der Waals surface area contributed by atoms with Crippen LogP contribution in [0.1, 0.15) is 55.3 Å².